The molecule has 0 aliphatic heterocycles. The summed E-state index contributed by atoms with van der Waals surface area (Å²) in [6.07, 6.45) is 3.57. The van der Waals surface area contributed by atoms with E-state index in [9.17, 15) is 0 Å². The Balaban J connectivity index is 5.13. The number of amidine groups is 1. The van der Waals surface area contributed by atoms with Crippen molar-refractivity contribution in [2.75, 3.05) is 6.54 Å². The van der Waals surface area contributed by atoms with Crippen LogP contribution in [0.5, 0.6) is 0 Å². The lowest BCUT2D eigenvalue weighted by Gasteiger charge is -2.34. The van der Waals surface area contributed by atoms with Crippen LogP contribution < -0.4 is 11.5 Å². The van der Waals surface area contributed by atoms with Crippen molar-refractivity contribution in [1.82, 2.24) is 4.90 Å². The molecule has 0 unspecified atom stereocenters. The summed E-state index contributed by atoms with van der Waals surface area (Å²) >= 11 is 0. The molecule has 0 radical (unpaired) electrons. The highest BCUT2D eigenvalue weighted by Gasteiger charge is 2.20. The maximum absolute atomic E-state index is 7.54. The van der Waals surface area contributed by atoms with Crippen LogP contribution in [0.1, 0.15) is 53.9 Å². The highest BCUT2D eigenvalue weighted by molar-refractivity contribution is 5.94. The van der Waals surface area contributed by atoms with Crippen molar-refractivity contribution >= 4 is 5.84 Å². The average Bonchev–Trinajstić information content (AvgIpc) is 2.26. The molecule has 106 valence electrons. The number of allylic oxidation sites excluding steroid dienone is 1. The summed E-state index contributed by atoms with van der Waals surface area (Å²) in [5, 5.41) is 7.54. The van der Waals surface area contributed by atoms with Crippen LogP contribution in [0.4, 0.5) is 0 Å². The van der Waals surface area contributed by atoms with E-state index < -0.39 is 0 Å². The fourth-order valence-corrected chi connectivity index (χ4v) is 2.12. The van der Waals surface area contributed by atoms with E-state index in [-0.39, 0.29) is 11.8 Å². The molecule has 0 aliphatic rings. The van der Waals surface area contributed by atoms with Crippen molar-refractivity contribution in [2.45, 2.75) is 59.9 Å². The first kappa shape index (κ1) is 16.8. The van der Waals surface area contributed by atoms with E-state index in [0.717, 1.165) is 18.7 Å². The topological polar surface area (TPSA) is 79.1 Å². The Morgan fingerprint density at radius 2 is 1.67 bits per heavy atom. The number of rotatable bonds is 8. The predicted molar refractivity (Wildman–Crippen MR) is 79.3 cm³/mol. The van der Waals surface area contributed by atoms with Gasteiger partial charge in [-0.3, -0.25) is 5.41 Å². The highest BCUT2D eigenvalue weighted by Crippen LogP contribution is 2.21. The SMILES string of the molecule is CCCCCN(/C(=C(\N)C(=N)N)C(C)C)C(C)C. The van der Waals surface area contributed by atoms with Gasteiger partial charge in [-0.15, -0.1) is 0 Å². The van der Waals surface area contributed by atoms with E-state index in [4.69, 9.17) is 16.9 Å². The van der Waals surface area contributed by atoms with E-state index in [0.29, 0.717) is 11.7 Å². The Kier molecular flexibility index (Phi) is 7.48. The van der Waals surface area contributed by atoms with Crippen molar-refractivity contribution in [3.05, 3.63) is 11.4 Å². The van der Waals surface area contributed by atoms with Crippen molar-refractivity contribution in [1.29, 1.82) is 5.41 Å². The van der Waals surface area contributed by atoms with Crippen molar-refractivity contribution in [2.24, 2.45) is 17.4 Å². The molecule has 0 amide bonds. The summed E-state index contributed by atoms with van der Waals surface area (Å²) in [5.74, 6) is 0.248. The zero-order valence-corrected chi connectivity index (χ0v) is 12.6. The average molecular weight is 254 g/mol. The third kappa shape index (κ3) is 4.98. The van der Waals surface area contributed by atoms with E-state index in [2.05, 4.69) is 39.5 Å². The fraction of sp³-hybridized carbons (Fsp3) is 0.786. The first-order valence-electron chi connectivity index (χ1n) is 6.93. The molecular formula is C14H30N4. The van der Waals surface area contributed by atoms with E-state index >= 15 is 0 Å². The standard InChI is InChI=1S/C14H30N4/c1-6-7-8-9-18(11(4)5)13(10(2)3)12(15)14(16)17/h10-11H,6-9,15H2,1-5H3,(H3,16,17)/b13-12-. The predicted octanol–water partition coefficient (Wildman–Crippen LogP) is 2.65. The van der Waals surface area contributed by atoms with Crippen LogP contribution in [-0.4, -0.2) is 23.3 Å². The molecule has 0 saturated carbocycles. The Bertz CT molecular complexity index is 292. The smallest absolute Gasteiger partial charge is 0.140 e. The molecule has 4 heteroatoms. The molecule has 5 N–H and O–H groups in total. The van der Waals surface area contributed by atoms with Crippen LogP contribution >= 0.6 is 0 Å². The molecular weight excluding hydrogens is 224 g/mol. The Labute approximate surface area is 112 Å². The molecule has 4 nitrogen and oxygen atoms in total. The third-order valence-corrected chi connectivity index (χ3v) is 3.05. The number of hydrogen-bond donors (Lipinski definition) is 3. The molecule has 0 aliphatic carbocycles. The van der Waals surface area contributed by atoms with Gasteiger partial charge in [-0.2, -0.15) is 0 Å². The molecule has 0 heterocycles. The largest absolute Gasteiger partial charge is 0.394 e. The van der Waals surface area contributed by atoms with Crippen LogP contribution in [0.15, 0.2) is 11.4 Å². The van der Waals surface area contributed by atoms with Gasteiger partial charge in [-0.1, -0.05) is 33.6 Å². The lowest BCUT2D eigenvalue weighted by molar-refractivity contribution is 0.251. The molecule has 18 heavy (non-hydrogen) atoms. The number of hydrogen-bond acceptors (Lipinski definition) is 3. The highest BCUT2D eigenvalue weighted by atomic mass is 15.2. The summed E-state index contributed by atoms with van der Waals surface area (Å²) in [5.41, 5.74) is 13.0. The fourth-order valence-electron chi connectivity index (χ4n) is 2.12. The molecule has 0 fully saturated rings. The molecule has 0 aromatic carbocycles. The van der Waals surface area contributed by atoms with Gasteiger partial charge < -0.3 is 16.4 Å². The quantitative estimate of drug-likeness (QED) is 0.354. The normalized spacial score (nSPS) is 12.8. The maximum Gasteiger partial charge on any atom is 0.140 e. The number of nitrogens with one attached hydrogen (secondary N) is 1. The first-order chi connectivity index (χ1) is 8.32. The van der Waals surface area contributed by atoms with Gasteiger partial charge in [0.15, 0.2) is 0 Å². The zero-order chi connectivity index (χ0) is 14.3. The second-order valence-corrected chi connectivity index (χ2v) is 5.36. The van der Waals surface area contributed by atoms with Gasteiger partial charge in [0, 0.05) is 18.3 Å². The molecule has 0 aromatic rings. The molecule has 0 aromatic heterocycles. The van der Waals surface area contributed by atoms with Gasteiger partial charge in [0.25, 0.3) is 0 Å². The number of unbranched alkanes of at least 4 members (excludes halogenated alkanes) is 2. The molecule has 0 atom stereocenters. The Morgan fingerprint density at radius 3 is 2.00 bits per heavy atom. The minimum atomic E-state index is -0.0279. The van der Waals surface area contributed by atoms with Crippen LogP contribution in [0.2, 0.25) is 0 Å². The van der Waals surface area contributed by atoms with Gasteiger partial charge in [0.05, 0.1) is 5.70 Å². The van der Waals surface area contributed by atoms with Crippen molar-refractivity contribution in [3.8, 4) is 0 Å². The minimum absolute atomic E-state index is 0.0279. The van der Waals surface area contributed by atoms with Crippen LogP contribution in [0, 0.1) is 11.3 Å². The summed E-state index contributed by atoms with van der Waals surface area (Å²) in [4.78, 5) is 2.29. The van der Waals surface area contributed by atoms with Gasteiger partial charge in [-0.05, 0) is 26.2 Å². The lowest BCUT2D eigenvalue weighted by Crippen LogP contribution is -2.37. The maximum atomic E-state index is 7.54. The summed E-state index contributed by atoms with van der Waals surface area (Å²) < 4.78 is 0. The first-order valence-corrected chi connectivity index (χ1v) is 6.93. The van der Waals surface area contributed by atoms with Gasteiger partial charge in [0.2, 0.25) is 0 Å². The lowest BCUT2D eigenvalue weighted by atomic mass is 10.0. The molecule has 0 bridgehead atoms. The Hall–Kier alpha value is -1.19. The summed E-state index contributed by atoms with van der Waals surface area (Å²) in [7, 11) is 0. The number of nitrogens with zero attached hydrogens (tertiary/aromatic N) is 1. The second-order valence-electron chi connectivity index (χ2n) is 5.36. The molecule has 0 rings (SSSR count). The minimum Gasteiger partial charge on any atom is -0.394 e. The molecule has 0 saturated heterocycles. The van der Waals surface area contributed by atoms with Crippen molar-refractivity contribution < 1.29 is 0 Å². The van der Waals surface area contributed by atoms with E-state index in [1.165, 1.54) is 12.8 Å². The van der Waals surface area contributed by atoms with Crippen LogP contribution in [-0.2, 0) is 0 Å². The van der Waals surface area contributed by atoms with E-state index in [1.807, 2.05) is 0 Å². The summed E-state index contributed by atoms with van der Waals surface area (Å²) in [6, 6.07) is 0.372. The van der Waals surface area contributed by atoms with E-state index in [1.54, 1.807) is 0 Å². The Morgan fingerprint density at radius 1 is 1.11 bits per heavy atom. The van der Waals surface area contributed by atoms with Crippen LogP contribution in [0.3, 0.4) is 0 Å². The van der Waals surface area contributed by atoms with Gasteiger partial charge >= 0.3 is 0 Å². The zero-order valence-electron chi connectivity index (χ0n) is 12.6. The van der Waals surface area contributed by atoms with Crippen molar-refractivity contribution in [3.63, 3.8) is 0 Å². The third-order valence-electron chi connectivity index (χ3n) is 3.05. The van der Waals surface area contributed by atoms with Gasteiger partial charge in [-0.25, -0.2) is 0 Å². The number of nitrogens with two attached hydrogens (primary N) is 2. The second kappa shape index (κ2) is 8.01. The molecule has 0 spiro atoms. The monoisotopic (exact) mass is 254 g/mol. The summed E-state index contributed by atoms with van der Waals surface area (Å²) in [6.45, 7) is 11.7. The van der Waals surface area contributed by atoms with Gasteiger partial charge in [0.1, 0.15) is 5.84 Å². The van der Waals surface area contributed by atoms with Crippen LogP contribution in [0.25, 0.3) is 0 Å².